The van der Waals surface area contributed by atoms with E-state index < -0.39 is 0 Å². The fraction of sp³-hybridized carbons (Fsp3) is 0.280. The molecule has 34 heavy (non-hydrogen) atoms. The summed E-state index contributed by atoms with van der Waals surface area (Å²) >= 11 is 0. The van der Waals surface area contributed by atoms with Gasteiger partial charge in [0.25, 0.3) is 5.56 Å². The maximum Gasteiger partial charge on any atom is 0.250 e. The number of nitrogens with one attached hydrogen (secondary N) is 1. The van der Waals surface area contributed by atoms with Crippen molar-refractivity contribution < 1.29 is 9.63 Å². The highest BCUT2D eigenvalue weighted by Gasteiger charge is 2.42. The number of nitrogens with zero attached hydrogens (tertiary/aromatic N) is 4. The van der Waals surface area contributed by atoms with Gasteiger partial charge in [-0.25, -0.2) is 9.97 Å². The summed E-state index contributed by atoms with van der Waals surface area (Å²) in [7, 11) is 1.91. The molecule has 1 saturated carbocycles. The molecule has 1 aliphatic carbocycles. The smallest absolute Gasteiger partial charge is 0.250 e. The molecule has 0 saturated heterocycles. The normalized spacial score (nSPS) is 14.3. The van der Waals surface area contributed by atoms with E-state index in [-0.39, 0.29) is 23.4 Å². The number of rotatable bonds is 8. The molecule has 5 rings (SSSR count). The maximum atomic E-state index is 12.4. The largest absolute Gasteiger partial charge is 0.396 e. The van der Waals surface area contributed by atoms with Crippen molar-refractivity contribution in [1.29, 1.82) is 0 Å². The molecule has 0 amide bonds. The summed E-state index contributed by atoms with van der Waals surface area (Å²) in [5.41, 5.74) is 10.2. The molecule has 174 valence electrons. The van der Waals surface area contributed by atoms with Gasteiger partial charge >= 0.3 is 0 Å². The molecule has 3 heterocycles. The van der Waals surface area contributed by atoms with Crippen LogP contribution in [0.3, 0.4) is 0 Å². The quantitative estimate of drug-likeness (QED) is 0.367. The third kappa shape index (κ3) is 4.35. The topological polar surface area (TPSA) is 132 Å². The van der Waals surface area contributed by atoms with Crippen LogP contribution in [0, 0.1) is 5.41 Å². The van der Waals surface area contributed by atoms with Crippen molar-refractivity contribution in [3.8, 4) is 34.0 Å². The predicted octanol–water partition coefficient (Wildman–Crippen LogP) is 2.70. The Labute approximate surface area is 196 Å². The summed E-state index contributed by atoms with van der Waals surface area (Å²) in [6.07, 6.45) is 5.15. The molecular weight excluding hydrogens is 432 g/mol. The highest BCUT2D eigenvalue weighted by Crippen LogP contribution is 2.46. The summed E-state index contributed by atoms with van der Waals surface area (Å²) in [6.45, 7) is 1.34. The minimum atomic E-state index is -0.193. The molecule has 1 fully saturated rings. The fourth-order valence-electron chi connectivity index (χ4n) is 3.95. The standard InChI is InChI=1S/C25H26N6O3/c1-27-11-16-2-4-17(5-3-16)19-10-21(34-30-19)23-24(26)28-12-20(29-23)18-6-7-22(33)31(13-18)14-25(15-32)8-9-25/h2-7,10,12-13,27,32H,8-9,11,14-15H2,1H3,(H2,26,28). The number of anilines is 1. The van der Waals surface area contributed by atoms with Gasteiger partial charge in [-0.15, -0.1) is 0 Å². The summed E-state index contributed by atoms with van der Waals surface area (Å²) < 4.78 is 7.18. The zero-order chi connectivity index (χ0) is 23.7. The molecule has 4 N–H and O–H groups in total. The van der Waals surface area contributed by atoms with E-state index in [1.807, 2.05) is 31.3 Å². The van der Waals surface area contributed by atoms with Crippen LogP contribution in [0.5, 0.6) is 0 Å². The van der Waals surface area contributed by atoms with Gasteiger partial charge in [0.05, 0.1) is 18.5 Å². The van der Waals surface area contributed by atoms with E-state index in [0.717, 1.165) is 30.5 Å². The zero-order valence-corrected chi connectivity index (χ0v) is 18.9. The van der Waals surface area contributed by atoms with Gasteiger partial charge in [0.2, 0.25) is 0 Å². The number of pyridine rings is 1. The van der Waals surface area contributed by atoms with Gasteiger partial charge in [0.1, 0.15) is 5.69 Å². The van der Waals surface area contributed by atoms with Crippen LogP contribution in [0.1, 0.15) is 18.4 Å². The predicted molar refractivity (Wildman–Crippen MR) is 129 cm³/mol. The van der Waals surface area contributed by atoms with Gasteiger partial charge in [-0.2, -0.15) is 0 Å². The summed E-state index contributed by atoms with van der Waals surface area (Å²) in [5, 5.41) is 16.9. The Morgan fingerprint density at radius 2 is 1.91 bits per heavy atom. The first-order valence-corrected chi connectivity index (χ1v) is 11.2. The highest BCUT2D eigenvalue weighted by atomic mass is 16.5. The summed E-state index contributed by atoms with van der Waals surface area (Å²) in [6, 6.07) is 13.0. The van der Waals surface area contributed by atoms with Gasteiger partial charge in [-0.1, -0.05) is 29.4 Å². The van der Waals surface area contributed by atoms with Crippen LogP contribution in [0.15, 0.2) is 64.2 Å². The van der Waals surface area contributed by atoms with E-state index in [2.05, 4.69) is 20.4 Å². The number of aliphatic hydroxyl groups excluding tert-OH is 1. The van der Waals surface area contributed by atoms with Crippen molar-refractivity contribution in [2.24, 2.45) is 5.41 Å². The lowest BCUT2D eigenvalue weighted by atomic mass is 10.1. The molecule has 0 radical (unpaired) electrons. The lowest BCUT2D eigenvalue weighted by molar-refractivity contribution is 0.193. The van der Waals surface area contributed by atoms with Crippen molar-refractivity contribution in [3.05, 3.63) is 70.8 Å². The van der Waals surface area contributed by atoms with Crippen molar-refractivity contribution in [2.45, 2.75) is 25.9 Å². The number of nitrogen functional groups attached to an aromatic ring is 1. The van der Waals surface area contributed by atoms with Crippen molar-refractivity contribution in [1.82, 2.24) is 25.0 Å². The Kier molecular flexibility index (Phi) is 5.72. The van der Waals surface area contributed by atoms with Gasteiger partial charge in [-0.3, -0.25) is 4.79 Å². The lowest BCUT2D eigenvalue weighted by Crippen LogP contribution is -2.25. The fourth-order valence-corrected chi connectivity index (χ4v) is 3.95. The van der Waals surface area contributed by atoms with Crippen LogP contribution in [0.2, 0.25) is 0 Å². The Morgan fingerprint density at radius 3 is 2.62 bits per heavy atom. The van der Waals surface area contributed by atoms with Crippen LogP contribution >= 0.6 is 0 Å². The number of hydrogen-bond acceptors (Lipinski definition) is 8. The van der Waals surface area contributed by atoms with E-state index in [0.29, 0.717) is 29.4 Å². The molecule has 9 nitrogen and oxygen atoms in total. The van der Waals surface area contributed by atoms with Crippen LogP contribution in [-0.4, -0.2) is 38.5 Å². The van der Waals surface area contributed by atoms with Crippen LogP contribution in [0.4, 0.5) is 5.82 Å². The third-order valence-electron chi connectivity index (χ3n) is 6.25. The average Bonchev–Trinajstić information content (AvgIpc) is 3.46. The average molecular weight is 459 g/mol. The lowest BCUT2D eigenvalue weighted by Gasteiger charge is -2.14. The Bertz CT molecular complexity index is 1370. The zero-order valence-electron chi connectivity index (χ0n) is 18.9. The minimum absolute atomic E-state index is 0.0710. The number of aliphatic hydroxyl groups is 1. The number of aromatic nitrogens is 4. The monoisotopic (exact) mass is 458 g/mol. The first-order chi connectivity index (χ1) is 16.5. The molecule has 1 aromatic carbocycles. The van der Waals surface area contributed by atoms with E-state index in [9.17, 15) is 9.90 Å². The molecule has 0 unspecified atom stereocenters. The van der Waals surface area contributed by atoms with Gasteiger partial charge < -0.3 is 25.2 Å². The number of nitrogens with two attached hydrogens (primary N) is 1. The maximum absolute atomic E-state index is 12.4. The Balaban J connectivity index is 1.44. The van der Waals surface area contributed by atoms with E-state index in [1.54, 1.807) is 29.1 Å². The highest BCUT2D eigenvalue weighted by molar-refractivity contribution is 5.72. The van der Waals surface area contributed by atoms with Crippen molar-refractivity contribution >= 4 is 5.82 Å². The second kappa shape index (κ2) is 8.85. The Hall–Kier alpha value is -3.82. The molecule has 0 atom stereocenters. The third-order valence-corrected chi connectivity index (χ3v) is 6.25. The molecule has 3 aromatic heterocycles. The van der Waals surface area contributed by atoms with E-state index in [4.69, 9.17) is 10.3 Å². The van der Waals surface area contributed by atoms with E-state index >= 15 is 0 Å². The molecule has 1 aliphatic rings. The minimum Gasteiger partial charge on any atom is -0.396 e. The number of benzene rings is 1. The first kappa shape index (κ1) is 22.0. The number of hydrogen-bond donors (Lipinski definition) is 3. The SMILES string of the molecule is CNCc1ccc(-c2cc(-c3nc(-c4ccc(=O)n(CC5(CO)CC5)c4)cnc3N)on2)cc1. The van der Waals surface area contributed by atoms with Gasteiger partial charge in [0.15, 0.2) is 17.3 Å². The van der Waals surface area contributed by atoms with Crippen LogP contribution in [0.25, 0.3) is 34.0 Å². The molecule has 0 spiro atoms. The van der Waals surface area contributed by atoms with E-state index in [1.165, 1.54) is 11.6 Å². The van der Waals surface area contributed by atoms with Gasteiger partial charge in [0, 0.05) is 48.0 Å². The summed E-state index contributed by atoms with van der Waals surface area (Å²) in [4.78, 5) is 21.3. The first-order valence-electron chi connectivity index (χ1n) is 11.2. The van der Waals surface area contributed by atoms with Crippen LogP contribution < -0.4 is 16.6 Å². The molecule has 0 bridgehead atoms. The molecular formula is C25H26N6O3. The molecule has 9 heteroatoms. The molecule has 4 aromatic rings. The van der Waals surface area contributed by atoms with Crippen molar-refractivity contribution in [3.63, 3.8) is 0 Å². The second-order valence-corrected chi connectivity index (χ2v) is 8.83. The van der Waals surface area contributed by atoms with Crippen LogP contribution in [-0.2, 0) is 13.1 Å². The Morgan fingerprint density at radius 1 is 1.15 bits per heavy atom. The summed E-state index contributed by atoms with van der Waals surface area (Å²) in [5.74, 6) is 0.632. The van der Waals surface area contributed by atoms with Gasteiger partial charge in [-0.05, 0) is 31.5 Å². The second-order valence-electron chi connectivity index (χ2n) is 8.83. The van der Waals surface area contributed by atoms with Crippen molar-refractivity contribution in [2.75, 3.05) is 19.4 Å². The molecule has 0 aliphatic heterocycles.